The number of hydrogen-bond donors (Lipinski definition) is 0. The Morgan fingerprint density at radius 2 is 2.00 bits per heavy atom. The Bertz CT molecular complexity index is 1030. The molecule has 1 fully saturated rings. The van der Waals surface area contributed by atoms with E-state index in [0.29, 0.717) is 27.3 Å². The van der Waals surface area contributed by atoms with Crippen molar-refractivity contribution in [3.63, 3.8) is 0 Å². The molecule has 0 bridgehead atoms. The van der Waals surface area contributed by atoms with Gasteiger partial charge >= 0.3 is 0 Å². The Morgan fingerprint density at radius 3 is 2.69 bits per heavy atom. The van der Waals surface area contributed by atoms with E-state index in [-0.39, 0.29) is 12.0 Å². The molecule has 1 amide bonds. The van der Waals surface area contributed by atoms with Gasteiger partial charge in [0.2, 0.25) is 0 Å². The maximum Gasteiger partial charge on any atom is 0.283 e. The predicted molar refractivity (Wildman–Crippen MR) is 130 cm³/mol. The summed E-state index contributed by atoms with van der Waals surface area (Å²) in [5, 5.41) is 1.10. The minimum absolute atomic E-state index is 0.169. The number of carbonyl (C=O) groups excluding carboxylic acids is 1. The fourth-order valence-electron chi connectivity index (χ4n) is 3.57. The molecule has 0 aliphatic carbocycles. The fourth-order valence-corrected chi connectivity index (χ4v) is 4.85. The lowest BCUT2D eigenvalue weighted by Crippen LogP contribution is -2.31. The van der Waals surface area contributed by atoms with Crippen LogP contribution in [-0.4, -0.2) is 43.8 Å². The van der Waals surface area contributed by atoms with E-state index >= 15 is 0 Å². The number of rotatable bonds is 6. The highest BCUT2D eigenvalue weighted by molar-refractivity contribution is 8.14. The number of hydrogen-bond acceptors (Lipinski definition) is 6. The van der Waals surface area contributed by atoms with Crippen LogP contribution in [0.5, 0.6) is 11.5 Å². The minimum atomic E-state index is -0.197. The Hall–Kier alpha value is -2.48. The molecule has 168 valence electrons. The van der Waals surface area contributed by atoms with Gasteiger partial charge in [0.1, 0.15) is 17.2 Å². The van der Waals surface area contributed by atoms with Crippen LogP contribution in [-0.2, 0) is 9.53 Å². The van der Waals surface area contributed by atoms with E-state index in [9.17, 15) is 4.79 Å². The molecule has 2 heterocycles. The normalized spacial score (nSPS) is 19.9. The molecule has 8 heteroatoms. The summed E-state index contributed by atoms with van der Waals surface area (Å²) in [6, 6.07) is 12.8. The summed E-state index contributed by atoms with van der Waals surface area (Å²) < 4.78 is 16.4. The summed E-state index contributed by atoms with van der Waals surface area (Å²) in [5.41, 5.74) is 1.90. The molecule has 0 saturated carbocycles. The van der Waals surface area contributed by atoms with Crippen LogP contribution in [0.2, 0.25) is 5.02 Å². The number of amidine groups is 1. The number of benzene rings is 2. The summed E-state index contributed by atoms with van der Waals surface area (Å²) in [7, 11) is 3.17. The van der Waals surface area contributed by atoms with E-state index in [1.165, 1.54) is 11.8 Å². The zero-order valence-corrected chi connectivity index (χ0v) is 19.6. The summed E-state index contributed by atoms with van der Waals surface area (Å²) in [4.78, 5) is 19.7. The highest BCUT2D eigenvalue weighted by Crippen LogP contribution is 2.35. The molecule has 32 heavy (non-hydrogen) atoms. The monoisotopic (exact) mass is 472 g/mol. The lowest BCUT2D eigenvalue weighted by molar-refractivity contribution is -0.113. The van der Waals surface area contributed by atoms with Gasteiger partial charge in [-0.05, 0) is 55.2 Å². The number of nitrogens with zero attached hydrogens (tertiary/aromatic N) is 2. The second-order valence-corrected chi connectivity index (χ2v) is 8.85. The Kier molecular flexibility index (Phi) is 7.40. The van der Waals surface area contributed by atoms with Gasteiger partial charge in [-0.3, -0.25) is 9.69 Å². The molecular formula is C24H25ClN2O4S. The van der Waals surface area contributed by atoms with Crippen molar-refractivity contribution in [1.82, 2.24) is 0 Å². The molecule has 4 rings (SSSR count). The fraction of sp³-hybridized carbons (Fsp3) is 0.333. The first-order chi connectivity index (χ1) is 15.6. The van der Waals surface area contributed by atoms with Crippen molar-refractivity contribution >= 4 is 46.2 Å². The molecule has 1 atom stereocenters. The zero-order valence-electron chi connectivity index (χ0n) is 18.0. The molecular weight excluding hydrogens is 448 g/mol. The number of aliphatic imine (C=N–C) groups is 1. The van der Waals surface area contributed by atoms with E-state index < -0.39 is 0 Å². The van der Waals surface area contributed by atoms with Crippen LogP contribution in [0.25, 0.3) is 6.08 Å². The Labute approximate surface area is 197 Å². The highest BCUT2D eigenvalue weighted by atomic mass is 35.5. The van der Waals surface area contributed by atoms with Crippen molar-refractivity contribution in [2.24, 2.45) is 4.99 Å². The molecule has 2 aliphatic rings. The number of methoxy groups -OCH3 is 2. The lowest BCUT2D eigenvalue weighted by atomic mass is 10.1. The number of halogens is 1. The van der Waals surface area contributed by atoms with Gasteiger partial charge in [0, 0.05) is 18.4 Å². The van der Waals surface area contributed by atoms with Gasteiger partial charge in [0.05, 0.1) is 31.0 Å². The van der Waals surface area contributed by atoms with Gasteiger partial charge in [-0.2, -0.15) is 0 Å². The second-order valence-electron chi connectivity index (χ2n) is 7.46. The summed E-state index contributed by atoms with van der Waals surface area (Å²) in [5.74, 6) is 1.80. The van der Waals surface area contributed by atoms with Crippen molar-refractivity contribution in [3.05, 3.63) is 58.7 Å². The van der Waals surface area contributed by atoms with Crippen molar-refractivity contribution in [2.75, 3.05) is 31.5 Å². The lowest BCUT2D eigenvalue weighted by Gasteiger charge is -2.24. The van der Waals surface area contributed by atoms with Crippen molar-refractivity contribution in [3.8, 4) is 11.5 Å². The third kappa shape index (κ3) is 5.11. The third-order valence-corrected chi connectivity index (χ3v) is 6.70. The summed E-state index contributed by atoms with van der Waals surface area (Å²) in [6.07, 6.45) is 5.25. The van der Waals surface area contributed by atoms with Crippen LogP contribution in [0.4, 0.5) is 5.69 Å². The average Bonchev–Trinajstić information content (AvgIpc) is 3.14. The third-order valence-electron chi connectivity index (χ3n) is 5.31. The Morgan fingerprint density at radius 1 is 1.19 bits per heavy atom. The van der Waals surface area contributed by atoms with Crippen LogP contribution in [0, 0.1) is 0 Å². The van der Waals surface area contributed by atoms with E-state index in [2.05, 4.69) is 4.99 Å². The number of anilines is 1. The minimum Gasteiger partial charge on any atom is -0.497 e. The first-order valence-electron chi connectivity index (χ1n) is 10.5. The molecule has 0 aromatic heterocycles. The van der Waals surface area contributed by atoms with Crippen LogP contribution in [0.15, 0.2) is 53.2 Å². The molecule has 1 unspecified atom stereocenters. The van der Waals surface area contributed by atoms with Crippen molar-refractivity contribution < 1.29 is 19.0 Å². The van der Waals surface area contributed by atoms with Gasteiger partial charge in [-0.25, -0.2) is 4.99 Å². The molecule has 0 radical (unpaired) electrons. The van der Waals surface area contributed by atoms with Gasteiger partial charge in [-0.15, -0.1) is 0 Å². The predicted octanol–water partition coefficient (Wildman–Crippen LogP) is 5.40. The average molecular weight is 473 g/mol. The largest absolute Gasteiger partial charge is 0.497 e. The quantitative estimate of drug-likeness (QED) is 0.526. The maximum absolute atomic E-state index is 13.4. The molecule has 0 N–H and O–H groups in total. The van der Waals surface area contributed by atoms with Gasteiger partial charge in [-0.1, -0.05) is 35.5 Å². The van der Waals surface area contributed by atoms with E-state index in [1.807, 2.05) is 24.3 Å². The zero-order chi connectivity index (χ0) is 22.5. The maximum atomic E-state index is 13.4. The van der Waals surface area contributed by atoms with Gasteiger partial charge in [0.15, 0.2) is 5.17 Å². The van der Waals surface area contributed by atoms with Crippen LogP contribution < -0.4 is 14.4 Å². The summed E-state index contributed by atoms with van der Waals surface area (Å²) in [6.45, 7) is 0.789. The molecule has 6 nitrogen and oxygen atoms in total. The SMILES string of the molecule is COc1ccc(/C=C2\N=C(SCC3CCCCO3)N(c3ccc(Cl)c(OC)c3)C2=O)cc1. The summed E-state index contributed by atoms with van der Waals surface area (Å²) >= 11 is 7.73. The molecule has 2 aromatic rings. The number of carbonyl (C=O) groups is 1. The molecule has 1 saturated heterocycles. The molecule has 2 aliphatic heterocycles. The molecule has 0 spiro atoms. The highest BCUT2D eigenvalue weighted by Gasteiger charge is 2.33. The number of thioether (sulfide) groups is 1. The van der Waals surface area contributed by atoms with Gasteiger partial charge in [0.25, 0.3) is 5.91 Å². The second kappa shape index (κ2) is 10.4. The van der Waals surface area contributed by atoms with Crippen LogP contribution in [0.1, 0.15) is 24.8 Å². The van der Waals surface area contributed by atoms with Crippen LogP contribution >= 0.6 is 23.4 Å². The number of amides is 1. The van der Waals surface area contributed by atoms with Gasteiger partial charge < -0.3 is 14.2 Å². The first-order valence-corrected chi connectivity index (χ1v) is 11.8. The Balaban J connectivity index is 1.63. The van der Waals surface area contributed by atoms with E-state index in [0.717, 1.165) is 42.9 Å². The number of ether oxygens (including phenoxy) is 3. The first kappa shape index (κ1) is 22.7. The van der Waals surface area contributed by atoms with E-state index in [1.54, 1.807) is 43.4 Å². The standard InChI is InChI=1S/C24H25ClN2O4S/c1-29-18-9-6-16(7-10-18)13-21-23(28)27(17-8-11-20(25)22(14-17)30-2)24(26-21)32-15-19-5-3-4-12-31-19/h6-11,13-14,19H,3-5,12,15H2,1-2H3/b21-13-. The van der Waals surface area contributed by atoms with Crippen LogP contribution in [0.3, 0.4) is 0 Å². The molecule has 2 aromatic carbocycles. The smallest absolute Gasteiger partial charge is 0.283 e. The van der Waals surface area contributed by atoms with Crippen molar-refractivity contribution in [2.45, 2.75) is 25.4 Å². The van der Waals surface area contributed by atoms with E-state index in [4.69, 9.17) is 25.8 Å². The topological polar surface area (TPSA) is 60.4 Å². The van der Waals surface area contributed by atoms with Crippen molar-refractivity contribution in [1.29, 1.82) is 0 Å².